The number of hydrogen-bond acceptors (Lipinski definition) is 7. The Kier molecular flexibility index (Phi) is 6.94. The fraction of sp³-hybridized carbons (Fsp3) is 0.0500. The molecule has 0 amide bonds. The van der Waals surface area contributed by atoms with Crippen molar-refractivity contribution in [1.82, 2.24) is 0 Å². The van der Waals surface area contributed by atoms with Gasteiger partial charge in [-0.05, 0) is 42.5 Å². The minimum Gasteiger partial charge on any atom is -0.423 e. The van der Waals surface area contributed by atoms with Crippen LogP contribution in [-0.4, -0.2) is 29.6 Å². The molecule has 0 radical (unpaired) electrons. The van der Waals surface area contributed by atoms with Gasteiger partial charge in [0.25, 0.3) is 0 Å². The average molecular weight is 404 g/mol. The van der Waals surface area contributed by atoms with Gasteiger partial charge in [0.15, 0.2) is 11.6 Å². The summed E-state index contributed by atoms with van der Waals surface area (Å²) >= 11 is 0. The summed E-state index contributed by atoms with van der Waals surface area (Å²) in [5.74, 6) is -6.07. The summed E-state index contributed by atoms with van der Waals surface area (Å²) in [6, 6.07) is 8.14. The van der Waals surface area contributed by atoms with E-state index in [1.54, 1.807) is 0 Å². The van der Waals surface area contributed by atoms with E-state index in [1.165, 1.54) is 24.3 Å². The Morgan fingerprint density at radius 1 is 0.897 bits per heavy atom. The number of rotatable bonds is 7. The van der Waals surface area contributed by atoms with Crippen molar-refractivity contribution in [2.24, 2.45) is 0 Å². The molecule has 0 aromatic heterocycles. The Morgan fingerprint density at radius 3 is 2.00 bits per heavy atom. The highest BCUT2D eigenvalue weighted by atomic mass is 19.1. The van der Waals surface area contributed by atoms with Crippen LogP contribution >= 0.6 is 0 Å². The zero-order valence-electron chi connectivity index (χ0n) is 14.8. The van der Waals surface area contributed by atoms with Crippen molar-refractivity contribution in [2.45, 2.75) is 0 Å². The summed E-state index contributed by atoms with van der Waals surface area (Å²) < 4.78 is 41.0. The first-order chi connectivity index (χ1) is 13.7. The number of benzene rings is 2. The molecule has 2 aromatic rings. The topological polar surface area (TPSA) is 99.1 Å². The summed E-state index contributed by atoms with van der Waals surface area (Å²) in [6.45, 7) is 5.50. The fourth-order valence-electron chi connectivity index (χ4n) is 1.85. The third kappa shape index (κ3) is 5.81. The van der Waals surface area contributed by atoms with Gasteiger partial charge in [-0.3, -0.25) is 0 Å². The largest absolute Gasteiger partial charge is 0.423 e. The third-order valence-electron chi connectivity index (χ3n) is 3.32. The number of halogens is 2. The van der Waals surface area contributed by atoms with Gasteiger partial charge >= 0.3 is 17.9 Å². The molecule has 9 heteroatoms. The van der Waals surface area contributed by atoms with Crippen LogP contribution in [0.25, 0.3) is 0 Å². The molecular formula is C20H14F2O7. The van der Waals surface area contributed by atoms with Gasteiger partial charge in [0.1, 0.15) is 11.5 Å². The Balaban J connectivity index is 2.03. The molecule has 29 heavy (non-hydrogen) atoms. The monoisotopic (exact) mass is 404 g/mol. The molecule has 0 saturated carbocycles. The highest BCUT2D eigenvalue weighted by molar-refractivity contribution is 5.92. The molecule has 2 rings (SSSR count). The number of esters is 3. The molecule has 0 atom stereocenters. The van der Waals surface area contributed by atoms with Gasteiger partial charge in [-0.15, -0.1) is 0 Å². The fourth-order valence-corrected chi connectivity index (χ4v) is 1.85. The lowest BCUT2D eigenvalue weighted by molar-refractivity contribution is -0.132. The number of aliphatic hydroxyl groups excluding tert-OH is 1. The molecule has 0 saturated heterocycles. The standard InChI is InChI=1S/C20H14F2O7/c1-11(10-23)18(24)27-14-4-6-15(7-5-14)28-20(26)13-3-8-17(16(22)9-13)29-19(25)12(2)21/h3-9,23H,1-2,10H2. The van der Waals surface area contributed by atoms with E-state index in [1.807, 2.05) is 0 Å². The lowest BCUT2D eigenvalue weighted by Crippen LogP contribution is -2.13. The number of hydrogen-bond donors (Lipinski definition) is 1. The molecule has 0 heterocycles. The lowest BCUT2D eigenvalue weighted by atomic mass is 10.2. The molecule has 7 nitrogen and oxygen atoms in total. The highest BCUT2D eigenvalue weighted by Crippen LogP contribution is 2.22. The Hall–Kier alpha value is -3.85. The van der Waals surface area contributed by atoms with Crippen LogP contribution in [0.5, 0.6) is 17.2 Å². The van der Waals surface area contributed by atoms with Gasteiger partial charge in [-0.1, -0.05) is 13.2 Å². The summed E-state index contributed by atoms with van der Waals surface area (Å²) in [5.41, 5.74) is -0.330. The Labute approximate surface area is 163 Å². The van der Waals surface area contributed by atoms with Gasteiger partial charge < -0.3 is 19.3 Å². The second-order valence-electron chi connectivity index (χ2n) is 5.45. The van der Waals surface area contributed by atoms with E-state index in [-0.39, 0.29) is 22.6 Å². The van der Waals surface area contributed by atoms with Gasteiger partial charge in [0.2, 0.25) is 5.83 Å². The number of aliphatic hydroxyl groups is 1. The minimum atomic E-state index is -1.46. The molecule has 0 aliphatic rings. The molecule has 0 spiro atoms. The minimum absolute atomic E-state index is 0.0698. The maximum Gasteiger partial charge on any atom is 0.372 e. The van der Waals surface area contributed by atoms with Crippen molar-refractivity contribution in [3.63, 3.8) is 0 Å². The van der Waals surface area contributed by atoms with Crippen LogP contribution in [0.2, 0.25) is 0 Å². The second-order valence-corrected chi connectivity index (χ2v) is 5.45. The molecule has 0 aliphatic carbocycles. The first-order valence-electron chi connectivity index (χ1n) is 7.90. The average Bonchev–Trinajstić information content (AvgIpc) is 2.69. The SMILES string of the molecule is C=C(F)C(=O)Oc1ccc(C(=O)Oc2ccc(OC(=O)C(=C)CO)cc2)cc1F. The van der Waals surface area contributed by atoms with Crippen LogP contribution in [-0.2, 0) is 9.59 Å². The third-order valence-corrected chi connectivity index (χ3v) is 3.32. The Morgan fingerprint density at radius 2 is 1.48 bits per heavy atom. The van der Waals surface area contributed by atoms with Gasteiger partial charge in [0, 0.05) is 0 Å². The van der Waals surface area contributed by atoms with Crippen molar-refractivity contribution >= 4 is 17.9 Å². The zero-order valence-corrected chi connectivity index (χ0v) is 14.8. The quantitative estimate of drug-likeness (QED) is 0.430. The van der Waals surface area contributed by atoms with Crippen molar-refractivity contribution < 1.29 is 42.5 Å². The second kappa shape index (κ2) is 9.38. The molecule has 150 valence electrons. The normalized spacial score (nSPS) is 10.0. The van der Waals surface area contributed by atoms with Crippen LogP contribution in [0, 0.1) is 5.82 Å². The summed E-state index contributed by atoms with van der Waals surface area (Å²) in [7, 11) is 0. The van der Waals surface area contributed by atoms with Gasteiger partial charge in [-0.25, -0.2) is 18.8 Å². The molecule has 0 bridgehead atoms. The van der Waals surface area contributed by atoms with Crippen molar-refractivity contribution in [2.75, 3.05) is 6.61 Å². The van der Waals surface area contributed by atoms with Gasteiger partial charge in [0.05, 0.1) is 17.7 Å². The van der Waals surface area contributed by atoms with Crippen molar-refractivity contribution in [3.05, 3.63) is 78.4 Å². The summed E-state index contributed by atoms with van der Waals surface area (Å²) in [6.07, 6.45) is 0. The first kappa shape index (κ1) is 21.5. The van der Waals surface area contributed by atoms with E-state index in [9.17, 15) is 23.2 Å². The summed E-state index contributed by atoms with van der Waals surface area (Å²) in [4.78, 5) is 34.7. The zero-order chi connectivity index (χ0) is 21.6. The van der Waals surface area contributed by atoms with Crippen LogP contribution < -0.4 is 14.2 Å². The molecule has 0 fully saturated rings. The highest BCUT2D eigenvalue weighted by Gasteiger charge is 2.16. The van der Waals surface area contributed by atoms with E-state index in [2.05, 4.69) is 17.9 Å². The van der Waals surface area contributed by atoms with E-state index in [0.717, 1.165) is 18.2 Å². The number of carbonyl (C=O) groups excluding carboxylic acids is 3. The van der Waals surface area contributed by atoms with Crippen LogP contribution in [0.1, 0.15) is 10.4 Å². The van der Waals surface area contributed by atoms with Crippen LogP contribution in [0.3, 0.4) is 0 Å². The Bertz CT molecular complexity index is 981. The van der Waals surface area contributed by atoms with Gasteiger partial charge in [-0.2, -0.15) is 4.39 Å². The summed E-state index contributed by atoms with van der Waals surface area (Å²) in [5, 5.41) is 8.81. The lowest BCUT2D eigenvalue weighted by Gasteiger charge is -2.08. The first-order valence-corrected chi connectivity index (χ1v) is 7.90. The maximum absolute atomic E-state index is 13.9. The van der Waals surface area contributed by atoms with E-state index in [4.69, 9.17) is 14.6 Å². The molecule has 0 aliphatic heterocycles. The molecule has 0 unspecified atom stereocenters. The number of carbonyl (C=O) groups is 3. The maximum atomic E-state index is 13.9. The van der Waals surface area contributed by atoms with E-state index < -0.39 is 41.9 Å². The predicted molar refractivity (Wildman–Crippen MR) is 95.5 cm³/mol. The van der Waals surface area contributed by atoms with Crippen LogP contribution in [0.4, 0.5) is 8.78 Å². The van der Waals surface area contributed by atoms with Crippen molar-refractivity contribution in [1.29, 1.82) is 0 Å². The number of ether oxygens (including phenoxy) is 3. The van der Waals surface area contributed by atoms with E-state index >= 15 is 0 Å². The van der Waals surface area contributed by atoms with Crippen LogP contribution in [0.15, 0.2) is 67.0 Å². The van der Waals surface area contributed by atoms with Crippen molar-refractivity contribution in [3.8, 4) is 17.2 Å². The molecular weight excluding hydrogens is 390 g/mol. The molecule has 2 aromatic carbocycles. The predicted octanol–water partition coefficient (Wildman–Crippen LogP) is 2.89. The van der Waals surface area contributed by atoms with E-state index in [0.29, 0.717) is 0 Å². The molecule has 1 N–H and O–H groups in total. The smallest absolute Gasteiger partial charge is 0.372 e.